The maximum Gasteiger partial charge on any atom is 0.331 e. The first-order valence-electron chi connectivity index (χ1n) is 9.11. The van der Waals surface area contributed by atoms with E-state index in [1.165, 1.54) is 4.57 Å². The number of aliphatic imine (C=N–C) groups is 1. The Labute approximate surface area is 147 Å². The van der Waals surface area contributed by atoms with Gasteiger partial charge in [-0.25, -0.2) is 4.79 Å². The van der Waals surface area contributed by atoms with Gasteiger partial charge in [0.1, 0.15) is 5.56 Å². The zero-order valence-electron chi connectivity index (χ0n) is 15.2. The third-order valence-electron chi connectivity index (χ3n) is 4.46. The summed E-state index contributed by atoms with van der Waals surface area (Å²) in [5.41, 5.74) is -0.480. The van der Waals surface area contributed by atoms with E-state index in [9.17, 15) is 14.7 Å². The van der Waals surface area contributed by atoms with Crippen molar-refractivity contribution in [2.75, 3.05) is 39.3 Å². The molecule has 1 aromatic heterocycles. The molecule has 1 aromatic rings. The highest BCUT2D eigenvalue weighted by Gasteiger charge is 2.18. The van der Waals surface area contributed by atoms with Crippen molar-refractivity contribution in [1.82, 2.24) is 19.8 Å². The van der Waals surface area contributed by atoms with Gasteiger partial charge in [-0.15, -0.1) is 0 Å². The lowest BCUT2D eigenvalue weighted by atomic mass is 10.1. The van der Waals surface area contributed by atoms with Gasteiger partial charge < -0.3 is 10.4 Å². The highest BCUT2D eigenvalue weighted by Crippen LogP contribution is 2.14. The maximum atomic E-state index is 12.2. The van der Waals surface area contributed by atoms with Crippen LogP contribution in [0, 0.1) is 0 Å². The molecule has 0 saturated carbocycles. The van der Waals surface area contributed by atoms with E-state index < -0.39 is 11.2 Å². The number of aromatic amines is 1. The predicted octanol–water partition coefficient (Wildman–Crippen LogP) is 0.147. The van der Waals surface area contributed by atoms with Crippen molar-refractivity contribution in [2.24, 2.45) is 4.99 Å². The summed E-state index contributed by atoms with van der Waals surface area (Å²) < 4.78 is 1.22. The van der Waals surface area contributed by atoms with E-state index in [4.69, 9.17) is 0 Å². The van der Waals surface area contributed by atoms with Crippen LogP contribution in [-0.2, 0) is 6.54 Å². The number of nitrogens with zero attached hydrogens (tertiary/aromatic N) is 3. The maximum absolute atomic E-state index is 12.2. The summed E-state index contributed by atoms with van der Waals surface area (Å²) >= 11 is 0. The molecule has 1 aliphatic rings. The van der Waals surface area contributed by atoms with Crippen LogP contribution in [0.15, 0.2) is 14.6 Å². The number of H-pyrrole nitrogens is 1. The normalized spacial score (nSPS) is 16.3. The van der Waals surface area contributed by atoms with Crippen LogP contribution in [-0.4, -0.2) is 64.5 Å². The number of nitrogens with one attached hydrogen (secondary N) is 2. The minimum atomic E-state index is -0.573. The summed E-state index contributed by atoms with van der Waals surface area (Å²) in [6, 6.07) is 0. The summed E-state index contributed by atoms with van der Waals surface area (Å²) in [7, 11) is 0. The van der Waals surface area contributed by atoms with Gasteiger partial charge in [-0.2, -0.15) is 0 Å². The predicted molar refractivity (Wildman–Crippen MR) is 98.9 cm³/mol. The fourth-order valence-corrected chi connectivity index (χ4v) is 2.97. The summed E-state index contributed by atoms with van der Waals surface area (Å²) in [6.45, 7) is 9.60. The molecule has 1 aliphatic heterocycles. The minimum Gasteiger partial charge on any atom is -0.494 e. The molecule has 0 aromatic carbocycles. The average molecular weight is 351 g/mol. The SMILES string of the molecule is CCCCn1c(O)c(C(CC)=NCCN2CCNCC2)c(=O)[nH]c1=O. The molecule has 0 spiro atoms. The number of aromatic hydroxyl groups is 1. The Kier molecular flexibility index (Phi) is 7.39. The molecule has 0 amide bonds. The Morgan fingerprint density at radius 1 is 1.20 bits per heavy atom. The molecule has 0 unspecified atom stereocenters. The molecule has 2 rings (SSSR count). The second-order valence-electron chi connectivity index (χ2n) is 6.24. The highest BCUT2D eigenvalue weighted by atomic mass is 16.3. The Morgan fingerprint density at radius 3 is 2.56 bits per heavy atom. The summed E-state index contributed by atoms with van der Waals surface area (Å²) in [6.07, 6.45) is 2.16. The fourth-order valence-electron chi connectivity index (χ4n) is 2.97. The Hall–Kier alpha value is -1.93. The van der Waals surface area contributed by atoms with Crippen molar-refractivity contribution in [3.05, 3.63) is 26.4 Å². The zero-order valence-corrected chi connectivity index (χ0v) is 15.2. The van der Waals surface area contributed by atoms with Gasteiger partial charge in [0.2, 0.25) is 5.88 Å². The summed E-state index contributed by atoms with van der Waals surface area (Å²) in [5, 5.41) is 13.8. The molecule has 0 atom stereocenters. The molecular weight excluding hydrogens is 322 g/mol. The third kappa shape index (κ3) is 5.02. The first-order valence-corrected chi connectivity index (χ1v) is 9.11. The molecule has 0 radical (unpaired) electrons. The number of rotatable bonds is 8. The lowest BCUT2D eigenvalue weighted by Gasteiger charge is -2.26. The van der Waals surface area contributed by atoms with Gasteiger partial charge in [0, 0.05) is 39.3 Å². The topological polar surface area (TPSA) is 103 Å². The van der Waals surface area contributed by atoms with Crippen LogP contribution >= 0.6 is 0 Å². The van der Waals surface area contributed by atoms with Crippen LogP contribution in [0.2, 0.25) is 0 Å². The standard InChI is InChI=1S/C17H29N5O3/c1-3-5-9-22-16(24)14(15(23)20-17(22)25)13(4-2)19-8-12-21-10-6-18-7-11-21/h18,24H,3-12H2,1-2H3,(H,20,23,25). The third-order valence-corrected chi connectivity index (χ3v) is 4.46. The molecule has 0 aliphatic carbocycles. The van der Waals surface area contributed by atoms with Gasteiger partial charge in [0.25, 0.3) is 5.56 Å². The van der Waals surface area contributed by atoms with Crippen molar-refractivity contribution in [1.29, 1.82) is 0 Å². The molecule has 8 heteroatoms. The van der Waals surface area contributed by atoms with Crippen molar-refractivity contribution < 1.29 is 5.11 Å². The molecular formula is C17H29N5O3. The molecule has 140 valence electrons. The van der Waals surface area contributed by atoms with E-state index in [0.717, 1.165) is 45.6 Å². The van der Waals surface area contributed by atoms with Crippen LogP contribution in [0.3, 0.4) is 0 Å². The lowest BCUT2D eigenvalue weighted by Crippen LogP contribution is -2.44. The van der Waals surface area contributed by atoms with Crippen LogP contribution in [0.1, 0.15) is 38.7 Å². The van der Waals surface area contributed by atoms with Crippen LogP contribution in [0.5, 0.6) is 5.88 Å². The largest absolute Gasteiger partial charge is 0.494 e. The number of aromatic nitrogens is 2. The van der Waals surface area contributed by atoms with E-state index in [1.54, 1.807) is 0 Å². The van der Waals surface area contributed by atoms with Crippen molar-refractivity contribution in [2.45, 2.75) is 39.7 Å². The molecule has 1 saturated heterocycles. The molecule has 25 heavy (non-hydrogen) atoms. The average Bonchev–Trinajstić information content (AvgIpc) is 2.61. The first-order chi connectivity index (χ1) is 12.1. The van der Waals surface area contributed by atoms with Gasteiger partial charge in [-0.3, -0.25) is 24.2 Å². The molecule has 8 nitrogen and oxygen atoms in total. The number of piperazine rings is 1. The number of hydrogen-bond acceptors (Lipinski definition) is 6. The minimum absolute atomic E-state index is 0.124. The van der Waals surface area contributed by atoms with Crippen molar-refractivity contribution >= 4 is 5.71 Å². The van der Waals surface area contributed by atoms with Gasteiger partial charge >= 0.3 is 5.69 Å². The quantitative estimate of drug-likeness (QED) is 0.579. The van der Waals surface area contributed by atoms with Crippen LogP contribution in [0.4, 0.5) is 0 Å². The second kappa shape index (κ2) is 9.53. The summed E-state index contributed by atoms with van der Waals surface area (Å²) in [4.78, 5) is 33.3. The smallest absolute Gasteiger partial charge is 0.331 e. The van der Waals surface area contributed by atoms with Crippen LogP contribution in [0.25, 0.3) is 0 Å². The Morgan fingerprint density at radius 2 is 1.92 bits per heavy atom. The zero-order chi connectivity index (χ0) is 18.2. The Bertz CT molecular complexity index is 701. The van der Waals surface area contributed by atoms with E-state index >= 15 is 0 Å². The van der Waals surface area contributed by atoms with E-state index in [2.05, 4.69) is 20.2 Å². The van der Waals surface area contributed by atoms with Gasteiger partial charge in [0.15, 0.2) is 0 Å². The number of unbranched alkanes of at least 4 members (excludes halogenated alkanes) is 1. The van der Waals surface area contributed by atoms with Crippen molar-refractivity contribution in [3.8, 4) is 5.88 Å². The first kappa shape index (κ1) is 19.4. The van der Waals surface area contributed by atoms with Gasteiger partial charge in [-0.05, 0) is 12.8 Å². The van der Waals surface area contributed by atoms with Crippen molar-refractivity contribution in [3.63, 3.8) is 0 Å². The summed E-state index contributed by atoms with van der Waals surface area (Å²) in [5.74, 6) is -0.273. The number of hydrogen-bond donors (Lipinski definition) is 3. The fraction of sp³-hybridized carbons (Fsp3) is 0.706. The molecule has 1 fully saturated rings. The highest BCUT2D eigenvalue weighted by molar-refractivity contribution is 6.01. The van der Waals surface area contributed by atoms with Gasteiger partial charge in [-0.1, -0.05) is 20.3 Å². The van der Waals surface area contributed by atoms with Gasteiger partial charge in [0.05, 0.1) is 12.3 Å². The van der Waals surface area contributed by atoms with E-state index in [1.807, 2.05) is 13.8 Å². The van der Waals surface area contributed by atoms with Crippen LogP contribution < -0.4 is 16.6 Å². The van der Waals surface area contributed by atoms with E-state index in [0.29, 0.717) is 25.2 Å². The molecule has 0 bridgehead atoms. The monoisotopic (exact) mass is 351 g/mol. The second-order valence-corrected chi connectivity index (χ2v) is 6.24. The molecule has 3 N–H and O–H groups in total. The Balaban J connectivity index is 2.21. The van der Waals surface area contributed by atoms with E-state index in [-0.39, 0.29) is 11.4 Å². The lowest BCUT2D eigenvalue weighted by molar-refractivity contribution is 0.247. The molecule has 2 heterocycles.